The molecule has 2 aromatic carbocycles. The van der Waals surface area contributed by atoms with Gasteiger partial charge in [-0.25, -0.2) is 0 Å². The van der Waals surface area contributed by atoms with Crippen LogP contribution in [0.4, 0.5) is 0 Å². The molecule has 4 nitrogen and oxygen atoms in total. The summed E-state index contributed by atoms with van der Waals surface area (Å²) in [6, 6.07) is 12.6. The fourth-order valence-electron chi connectivity index (χ4n) is 4.45. The first-order chi connectivity index (χ1) is 14.7. The maximum atomic E-state index is 13.4. The van der Waals surface area contributed by atoms with Gasteiger partial charge in [0.2, 0.25) is 0 Å². The van der Waals surface area contributed by atoms with Crippen LogP contribution >= 0.6 is 0 Å². The molecule has 4 heteroatoms. The van der Waals surface area contributed by atoms with Gasteiger partial charge < -0.3 is 15.6 Å². The van der Waals surface area contributed by atoms with E-state index in [1.807, 2.05) is 17.0 Å². The number of aryl methyl sites for hydroxylation is 2. The fraction of sp³-hybridized carbons (Fsp3) is 0.444. The molecule has 1 heterocycles. The van der Waals surface area contributed by atoms with E-state index in [1.54, 1.807) is 0 Å². The molecule has 0 atom stereocenters. The number of hydrogen-bond donors (Lipinski definition) is 2. The van der Waals surface area contributed by atoms with Gasteiger partial charge in [0, 0.05) is 35.2 Å². The summed E-state index contributed by atoms with van der Waals surface area (Å²) in [5, 5.41) is 1.10. The maximum Gasteiger partial charge on any atom is 0.253 e. The number of aromatic nitrogens is 1. The average molecular weight is 420 g/mol. The van der Waals surface area contributed by atoms with Gasteiger partial charge in [0.15, 0.2) is 0 Å². The molecule has 31 heavy (non-hydrogen) atoms. The smallest absolute Gasteiger partial charge is 0.253 e. The zero-order valence-electron chi connectivity index (χ0n) is 19.9. The monoisotopic (exact) mass is 419 g/mol. The van der Waals surface area contributed by atoms with E-state index in [9.17, 15) is 4.79 Å². The number of rotatable bonds is 8. The van der Waals surface area contributed by atoms with Crippen LogP contribution in [0.3, 0.4) is 0 Å². The lowest BCUT2D eigenvalue weighted by Crippen LogP contribution is -2.37. The van der Waals surface area contributed by atoms with Crippen LogP contribution < -0.4 is 5.73 Å². The molecular weight excluding hydrogens is 382 g/mol. The van der Waals surface area contributed by atoms with Gasteiger partial charge in [-0.05, 0) is 80.1 Å². The SMILES string of the molecule is Cc1cc(C)cc(-c2[nH]c3ccc(C(=O)N(CC(C)C)CC(C)C)cc3c2CCN)c1. The minimum atomic E-state index is 0.108. The zero-order chi connectivity index (χ0) is 22.7. The van der Waals surface area contributed by atoms with E-state index in [0.29, 0.717) is 18.4 Å². The van der Waals surface area contributed by atoms with Gasteiger partial charge in [-0.3, -0.25) is 4.79 Å². The Hall–Kier alpha value is -2.59. The van der Waals surface area contributed by atoms with Crippen molar-refractivity contribution in [2.24, 2.45) is 17.6 Å². The first-order valence-corrected chi connectivity index (χ1v) is 11.4. The van der Waals surface area contributed by atoms with Crippen LogP contribution in [0.1, 0.15) is 54.7 Å². The highest BCUT2D eigenvalue weighted by Crippen LogP contribution is 2.32. The van der Waals surface area contributed by atoms with Crippen LogP contribution in [0.5, 0.6) is 0 Å². The number of aromatic amines is 1. The van der Waals surface area contributed by atoms with Crippen molar-refractivity contribution in [1.29, 1.82) is 0 Å². The number of fused-ring (bicyclic) bond motifs is 1. The third-order valence-electron chi connectivity index (χ3n) is 5.52. The Morgan fingerprint density at radius 3 is 2.13 bits per heavy atom. The Morgan fingerprint density at radius 2 is 1.58 bits per heavy atom. The predicted octanol–water partition coefficient (Wildman–Crippen LogP) is 5.71. The van der Waals surface area contributed by atoms with Crippen LogP contribution in [0.2, 0.25) is 0 Å². The molecule has 3 aromatic rings. The molecule has 0 saturated heterocycles. The van der Waals surface area contributed by atoms with Gasteiger partial charge in [-0.1, -0.05) is 44.9 Å². The quantitative estimate of drug-likeness (QED) is 0.491. The molecular formula is C27H37N3O. The molecule has 1 aromatic heterocycles. The minimum absolute atomic E-state index is 0.108. The summed E-state index contributed by atoms with van der Waals surface area (Å²) in [5.74, 6) is 0.974. The molecule has 166 valence electrons. The highest BCUT2D eigenvalue weighted by atomic mass is 16.2. The molecule has 0 saturated carbocycles. The minimum Gasteiger partial charge on any atom is -0.354 e. The average Bonchev–Trinajstić information content (AvgIpc) is 3.03. The van der Waals surface area contributed by atoms with Gasteiger partial charge >= 0.3 is 0 Å². The number of hydrogen-bond acceptors (Lipinski definition) is 2. The van der Waals surface area contributed by atoms with E-state index < -0.39 is 0 Å². The molecule has 0 bridgehead atoms. The first kappa shape index (κ1) is 23.1. The Balaban J connectivity index is 2.08. The van der Waals surface area contributed by atoms with E-state index in [1.165, 1.54) is 22.3 Å². The van der Waals surface area contributed by atoms with E-state index in [-0.39, 0.29) is 5.91 Å². The predicted molar refractivity (Wildman–Crippen MR) is 132 cm³/mol. The van der Waals surface area contributed by atoms with E-state index in [4.69, 9.17) is 5.73 Å². The second-order valence-corrected chi connectivity index (χ2v) is 9.65. The Morgan fingerprint density at radius 1 is 0.968 bits per heavy atom. The lowest BCUT2D eigenvalue weighted by molar-refractivity contribution is 0.0715. The summed E-state index contributed by atoms with van der Waals surface area (Å²) in [6.07, 6.45) is 0.766. The topological polar surface area (TPSA) is 62.1 Å². The number of amides is 1. The molecule has 1 amide bonds. The summed E-state index contributed by atoms with van der Waals surface area (Å²) < 4.78 is 0. The van der Waals surface area contributed by atoms with Crippen molar-refractivity contribution >= 4 is 16.8 Å². The Kier molecular flexibility index (Phi) is 7.22. The number of benzene rings is 2. The highest BCUT2D eigenvalue weighted by Gasteiger charge is 2.20. The van der Waals surface area contributed by atoms with Crippen LogP contribution in [-0.2, 0) is 6.42 Å². The second kappa shape index (κ2) is 9.69. The Bertz CT molecular complexity index is 1030. The standard InChI is InChI=1S/C27H37N3O/c1-17(2)15-30(16-18(3)4)27(31)21-7-8-25-24(14-21)23(9-10-28)26(29-25)22-12-19(5)11-20(6)13-22/h7-8,11-14,17-18,29H,9-10,15-16,28H2,1-6H3. The highest BCUT2D eigenvalue weighted by molar-refractivity contribution is 6.00. The molecule has 0 radical (unpaired) electrons. The van der Waals surface area contributed by atoms with Crippen molar-refractivity contribution in [3.05, 3.63) is 58.7 Å². The number of carbonyl (C=O) groups excluding carboxylic acids is 1. The lowest BCUT2D eigenvalue weighted by atomic mass is 9.98. The van der Waals surface area contributed by atoms with Crippen LogP contribution in [0.15, 0.2) is 36.4 Å². The molecule has 3 N–H and O–H groups in total. The number of carbonyl (C=O) groups is 1. The van der Waals surface area contributed by atoms with Crippen molar-refractivity contribution in [3.63, 3.8) is 0 Å². The Labute approximate surface area is 186 Å². The van der Waals surface area contributed by atoms with Gasteiger partial charge in [-0.2, -0.15) is 0 Å². The molecule has 0 spiro atoms. The fourth-order valence-corrected chi connectivity index (χ4v) is 4.45. The largest absolute Gasteiger partial charge is 0.354 e. The number of nitrogens with zero attached hydrogens (tertiary/aromatic N) is 1. The van der Waals surface area contributed by atoms with Gasteiger partial charge in [0.25, 0.3) is 5.91 Å². The molecule has 0 aliphatic heterocycles. The van der Waals surface area contributed by atoms with Gasteiger partial charge in [0.05, 0.1) is 0 Å². The molecule has 0 fully saturated rings. The molecule has 0 unspecified atom stereocenters. The summed E-state index contributed by atoms with van der Waals surface area (Å²) in [6.45, 7) is 15.0. The van der Waals surface area contributed by atoms with Crippen LogP contribution in [-0.4, -0.2) is 35.4 Å². The maximum absolute atomic E-state index is 13.4. The molecule has 0 aliphatic rings. The van der Waals surface area contributed by atoms with Crippen molar-refractivity contribution in [3.8, 4) is 11.3 Å². The van der Waals surface area contributed by atoms with Crippen molar-refractivity contribution in [2.75, 3.05) is 19.6 Å². The van der Waals surface area contributed by atoms with Crippen molar-refractivity contribution < 1.29 is 4.79 Å². The van der Waals surface area contributed by atoms with Crippen LogP contribution in [0, 0.1) is 25.7 Å². The zero-order valence-corrected chi connectivity index (χ0v) is 19.9. The van der Waals surface area contributed by atoms with Crippen molar-refractivity contribution in [1.82, 2.24) is 9.88 Å². The van der Waals surface area contributed by atoms with E-state index >= 15 is 0 Å². The summed E-state index contributed by atoms with van der Waals surface area (Å²) in [5.41, 5.74) is 13.7. The van der Waals surface area contributed by atoms with E-state index in [0.717, 1.165) is 41.7 Å². The molecule has 0 aliphatic carbocycles. The summed E-state index contributed by atoms with van der Waals surface area (Å²) in [7, 11) is 0. The third-order valence-corrected chi connectivity index (χ3v) is 5.52. The number of nitrogens with one attached hydrogen (secondary N) is 1. The van der Waals surface area contributed by atoms with E-state index in [2.05, 4.69) is 70.8 Å². The number of H-pyrrole nitrogens is 1. The van der Waals surface area contributed by atoms with Gasteiger partial charge in [-0.15, -0.1) is 0 Å². The summed E-state index contributed by atoms with van der Waals surface area (Å²) in [4.78, 5) is 19.0. The second-order valence-electron chi connectivity index (χ2n) is 9.65. The number of nitrogens with two attached hydrogens (primary N) is 1. The third kappa shape index (κ3) is 5.37. The normalized spacial score (nSPS) is 11.6. The van der Waals surface area contributed by atoms with Crippen LogP contribution in [0.25, 0.3) is 22.2 Å². The summed E-state index contributed by atoms with van der Waals surface area (Å²) >= 11 is 0. The van der Waals surface area contributed by atoms with Gasteiger partial charge in [0.1, 0.15) is 0 Å². The van der Waals surface area contributed by atoms with Crippen molar-refractivity contribution in [2.45, 2.75) is 48.0 Å². The molecule has 3 rings (SSSR count). The lowest BCUT2D eigenvalue weighted by Gasteiger charge is -2.26. The first-order valence-electron chi connectivity index (χ1n) is 11.4.